The number of aryl methyl sites for hydroxylation is 2. The lowest BCUT2D eigenvalue weighted by Gasteiger charge is -2.09. The highest BCUT2D eigenvalue weighted by Gasteiger charge is 2.38. The van der Waals surface area contributed by atoms with Crippen molar-refractivity contribution in [2.24, 2.45) is 0 Å². The van der Waals surface area contributed by atoms with E-state index >= 15 is 0 Å². The molecule has 0 bridgehead atoms. The van der Waals surface area contributed by atoms with Crippen molar-refractivity contribution in [1.82, 2.24) is 0 Å². The summed E-state index contributed by atoms with van der Waals surface area (Å²) in [4.78, 5) is -0.289. The van der Waals surface area contributed by atoms with Gasteiger partial charge in [-0.3, -0.25) is 0 Å². The minimum Gasteiger partial charge on any atom is -0.190 e. The van der Waals surface area contributed by atoms with Gasteiger partial charge in [0, 0.05) is 0 Å². The molecule has 3 nitrogen and oxygen atoms in total. The largest absolute Gasteiger partial charge is 0.416 e. The van der Waals surface area contributed by atoms with E-state index in [1.807, 2.05) is 48.5 Å². The van der Waals surface area contributed by atoms with Crippen molar-refractivity contribution in [2.45, 2.75) is 50.6 Å². The van der Waals surface area contributed by atoms with E-state index in [1.165, 1.54) is 0 Å². The van der Waals surface area contributed by atoms with Crippen LogP contribution in [0.1, 0.15) is 43.4 Å². The van der Waals surface area contributed by atoms with E-state index in [1.54, 1.807) is 0 Å². The third-order valence-electron chi connectivity index (χ3n) is 4.92. The normalized spacial score (nSPS) is 12.3. The second-order valence-corrected chi connectivity index (χ2v) is 14.0. The maximum atomic E-state index is 13.0. The Labute approximate surface area is 201 Å². The lowest BCUT2D eigenvalue weighted by atomic mass is 10.1. The zero-order valence-corrected chi connectivity index (χ0v) is 21.4. The van der Waals surface area contributed by atoms with Crippen molar-refractivity contribution in [1.29, 1.82) is 0 Å². The van der Waals surface area contributed by atoms with Gasteiger partial charge in [-0.15, -0.1) is 0 Å². The first-order valence-electron chi connectivity index (χ1n) is 10.6. The molecule has 0 saturated carbocycles. The number of halogens is 4. The van der Waals surface area contributed by atoms with E-state index < -0.39 is 42.1 Å². The van der Waals surface area contributed by atoms with Crippen LogP contribution in [0.25, 0.3) is 0 Å². The molecule has 0 aliphatic rings. The van der Waals surface area contributed by atoms with Gasteiger partial charge in [0.15, 0.2) is 7.14 Å². The van der Waals surface area contributed by atoms with Gasteiger partial charge >= 0.3 is 36.5 Å². The maximum Gasteiger partial charge on any atom is 0.416 e. The molecule has 0 spiro atoms. The van der Waals surface area contributed by atoms with E-state index in [-0.39, 0.29) is 4.90 Å². The Kier molecular flexibility index (Phi) is 8.58. The molecule has 0 unspecified atom stereocenters. The molecule has 0 atom stereocenters. The minimum atomic E-state index is -4.54. The number of benzene rings is 3. The Bertz CT molecular complexity index is 1090. The molecule has 0 amide bonds. The van der Waals surface area contributed by atoms with Crippen molar-refractivity contribution in [3.05, 3.63) is 96.6 Å². The third kappa shape index (κ3) is 6.80. The topological polar surface area (TPSA) is 43.4 Å². The van der Waals surface area contributed by atoms with Crippen molar-refractivity contribution in [3.8, 4) is 0 Å². The van der Waals surface area contributed by atoms with Gasteiger partial charge in [-0.2, -0.15) is 21.6 Å². The van der Waals surface area contributed by atoms with Gasteiger partial charge in [0.2, 0.25) is 0 Å². The fourth-order valence-corrected chi connectivity index (χ4v) is 10.1. The average molecular weight is 590 g/mol. The van der Waals surface area contributed by atoms with Crippen molar-refractivity contribution in [3.63, 3.8) is 0 Å². The Morgan fingerprint density at radius 1 is 0.727 bits per heavy atom. The highest BCUT2D eigenvalue weighted by molar-refractivity contribution is 7.86. The summed E-state index contributed by atoms with van der Waals surface area (Å²) in [7, 11) is -4.26. The molecule has 177 valence electrons. The van der Waals surface area contributed by atoms with E-state index in [4.69, 9.17) is 2.51 Å². The first-order valence-corrected chi connectivity index (χ1v) is 15.1. The van der Waals surface area contributed by atoms with Gasteiger partial charge in [-0.25, -0.2) is 0 Å². The number of rotatable bonds is 9. The first-order chi connectivity index (χ1) is 15.6. The van der Waals surface area contributed by atoms with Crippen LogP contribution in [0.5, 0.6) is 0 Å². The van der Waals surface area contributed by atoms with E-state index in [2.05, 4.69) is 13.8 Å². The fraction of sp³-hybridized carbons (Fsp3) is 0.280. The lowest BCUT2D eigenvalue weighted by molar-refractivity contribution is -1.03. The van der Waals surface area contributed by atoms with Gasteiger partial charge in [0.25, 0.3) is 0 Å². The van der Waals surface area contributed by atoms with Crippen molar-refractivity contribution >= 4 is 10.1 Å². The summed E-state index contributed by atoms with van der Waals surface area (Å²) < 4.78 is 72.0. The van der Waals surface area contributed by atoms with Crippen LogP contribution in [0.2, 0.25) is 0 Å². The lowest BCUT2D eigenvalue weighted by Crippen LogP contribution is -3.85. The van der Waals surface area contributed by atoms with Gasteiger partial charge in [0.05, 0.1) is 10.5 Å². The summed E-state index contributed by atoms with van der Waals surface area (Å²) in [6.45, 7) is 4.17. The summed E-state index contributed by atoms with van der Waals surface area (Å²) in [6, 6.07) is 18.9. The van der Waals surface area contributed by atoms with Crippen molar-refractivity contribution in [2.75, 3.05) is 0 Å². The average Bonchev–Trinajstić information content (AvgIpc) is 2.79. The van der Waals surface area contributed by atoms with Crippen LogP contribution in [-0.4, -0.2) is 8.42 Å². The van der Waals surface area contributed by atoms with Crippen molar-refractivity contribution < 1.29 is 44.3 Å². The van der Waals surface area contributed by atoms with Gasteiger partial charge in [-0.1, -0.05) is 51.0 Å². The smallest absolute Gasteiger partial charge is 0.190 e. The second kappa shape index (κ2) is 11.0. The quantitative estimate of drug-likeness (QED) is 0.358. The molecule has 0 heterocycles. The van der Waals surface area contributed by atoms with Gasteiger partial charge < -0.3 is 0 Å². The van der Waals surface area contributed by atoms with E-state index in [0.29, 0.717) is 0 Å². The molecule has 3 aromatic rings. The number of hydrogen-bond donors (Lipinski definition) is 0. The van der Waals surface area contributed by atoms with Crippen LogP contribution in [0.4, 0.5) is 13.2 Å². The Morgan fingerprint density at radius 3 is 1.52 bits per heavy atom. The van der Waals surface area contributed by atoms with E-state index in [0.717, 1.165) is 68.2 Å². The molecule has 0 aromatic heterocycles. The number of alkyl halides is 3. The molecule has 0 fully saturated rings. The molecule has 8 heteroatoms. The highest BCUT2D eigenvalue weighted by Crippen LogP contribution is 2.29. The number of hydrogen-bond acceptors (Lipinski definition) is 3. The fourth-order valence-electron chi connectivity index (χ4n) is 3.24. The molecular weight excluding hydrogens is 564 g/mol. The van der Waals surface area contributed by atoms with E-state index in [9.17, 15) is 21.6 Å². The molecule has 0 aliphatic carbocycles. The van der Waals surface area contributed by atoms with Crippen LogP contribution >= 0.6 is 0 Å². The summed E-state index contributed by atoms with van der Waals surface area (Å²) in [5, 5.41) is 0. The molecule has 3 aromatic carbocycles. The molecule has 0 aliphatic heterocycles. The standard InChI is InChI=1S/C25H26F3IO3S/c1-3-5-19-7-13-22(14-8-19)29(23-15-9-20(6-4-2)10-16-23)32-33(30,31)24-17-11-21(12-18-24)25(26,27)28/h7-18H,3-6H2,1-2H3/q+1. The molecular formula is C25H26F3IO3S+. The predicted octanol–water partition coefficient (Wildman–Crippen LogP) is 3.60. The highest BCUT2D eigenvalue weighted by atomic mass is 127. The maximum absolute atomic E-state index is 13.0. The SMILES string of the molecule is CCCc1ccc([I+](OS(=O)(=O)c2ccc(C(F)(F)F)cc2)c2ccc(CCC)cc2)cc1. The van der Waals surface area contributed by atoms with Gasteiger partial charge in [-0.05, 0) is 75.0 Å². The van der Waals surface area contributed by atoms with Crippen LogP contribution in [0.15, 0.2) is 77.7 Å². The van der Waals surface area contributed by atoms with Crippen LogP contribution in [-0.2, 0) is 31.6 Å². The Balaban J connectivity index is 1.96. The molecule has 1 radical (unpaired) electrons. The molecule has 3 rings (SSSR count). The predicted molar refractivity (Wildman–Crippen MR) is 118 cm³/mol. The summed E-state index contributed by atoms with van der Waals surface area (Å²) in [5.41, 5.74) is 1.40. The summed E-state index contributed by atoms with van der Waals surface area (Å²) in [5.74, 6) is 0. The second-order valence-electron chi connectivity index (χ2n) is 7.54. The summed E-state index contributed by atoms with van der Waals surface area (Å²) >= 11 is -2.91. The summed E-state index contributed by atoms with van der Waals surface area (Å²) in [6.07, 6.45) is -0.698. The minimum absolute atomic E-state index is 0.289. The zero-order valence-electron chi connectivity index (χ0n) is 18.4. The molecule has 33 heavy (non-hydrogen) atoms. The van der Waals surface area contributed by atoms with Gasteiger partial charge in [0.1, 0.15) is 0 Å². The monoisotopic (exact) mass is 590 g/mol. The molecule has 0 N–H and O–H groups in total. The Hall–Kier alpha value is -1.91. The van der Waals surface area contributed by atoms with Crippen LogP contribution < -0.4 is 20.2 Å². The molecule has 0 saturated heterocycles. The third-order valence-corrected chi connectivity index (χ3v) is 12.3. The van der Waals surface area contributed by atoms with Crippen LogP contribution in [0, 0.1) is 7.14 Å². The Morgan fingerprint density at radius 2 is 1.15 bits per heavy atom. The zero-order chi connectivity index (χ0) is 24.1. The van der Waals surface area contributed by atoms with Crippen LogP contribution in [0.3, 0.4) is 0 Å². The first kappa shape index (κ1) is 25.7.